The molecular weight excluding hydrogens is 251 g/mol. The molecule has 0 heterocycles. The highest BCUT2D eigenvalue weighted by molar-refractivity contribution is 4.60. The summed E-state index contributed by atoms with van der Waals surface area (Å²) in [6.45, 7) is 5.21. The molecule has 0 spiro atoms. The zero-order valence-electron chi connectivity index (χ0n) is 14.0. The third-order valence-electron chi connectivity index (χ3n) is 4.01. The van der Waals surface area contributed by atoms with Gasteiger partial charge in [-0.05, 0) is 18.8 Å². The smallest absolute Gasteiger partial charge is 0.113 e. The largest absolute Gasteiger partial charge is 0.378 e. The minimum atomic E-state index is -0.347. The molecule has 122 valence electrons. The maximum atomic E-state index is 12.1. The van der Waals surface area contributed by atoms with Crippen molar-refractivity contribution in [1.29, 1.82) is 0 Å². The molecule has 0 amide bonds. The van der Waals surface area contributed by atoms with Crippen LogP contribution in [-0.4, -0.2) is 19.9 Å². The lowest BCUT2D eigenvalue weighted by atomic mass is 9.95. The Labute approximate surface area is 126 Å². The van der Waals surface area contributed by atoms with E-state index in [2.05, 4.69) is 13.8 Å². The van der Waals surface area contributed by atoms with Crippen molar-refractivity contribution in [3.05, 3.63) is 0 Å². The van der Waals surface area contributed by atoms with E-state index in [0.29, 0.717) is 5.92 Å². The molecule has 0 unspecified atom stereocenters. The summed E-state index contributed by atoms with van der Waals surface area (Å²) < 4.78 is 17.5. The molecule has 0 saturated carbocycles. The molecule has 0 atom stereocenters. The second kappa shape index (κ2) is 16.9. The van der Waals surface area contributed by atoms with Crippen molar-refractivity contribution < 1.29 is 9.13 Å². The lowest BCUT2D eigenvalue weighted by Gasteiger charge is -2.16. The van der Waals surface area contributed by atoms with Crippen LogP contribution < -0.4 is 0 Å². The second-order valence-corrected chi connectivity index (χ2v) is 6.04. The van der Waals surface area contributed by atoms with E-state index in [9.17, 15) is 4.39 Å². The van der Waals surface area contributed by atoms with Gasteiger partial charge in [-0.1, -0.05) is 78.1 Å². The first-order valence-electron chi connectivity index (χ1n) is 8.98. The summed E-state index contributed by atoms with van der Waals surface area (Å²) in [7, 11) is 0. The predicted octanol–water partition coefficient (Wildman–Crippen LogP) is 6.31. The number of halogens is 1. The molecule has 0 radical (unpaired) electrons. The fourth-order valence-electron chi connectivity index (χ4n) is 2.69. The molecule has 0 aromatic rings. The molecular formula is C18H37FO. The maximum Gasteiger partial charge on any atom is 0.113 e. The standard InChI is InChI=1S/C18H37FO/c1-3-5-7-9-11-13-18(17-20-16-15-19)14-12-10-8-6-4-2/h18H,3-17H2,1-2H3. The zero-order chi connectivity index (χ0) is 14.9. The Bertz CT molecular complexity index is 159. The summed E-state index contributed by atoms with van der Waals surface area (Å²) in [5, 5.41) is 0. The maximum absolute atomic E-state index is 12.1. The van der Waals surface area contributed by atoms with Gasteiger partial charge >= 0.3 is 0 Å². The van der Waals surface area contributed by atoms with E-state index in [1.807, 2.05) is 0 Å². The topological polar surface area (TPSA) is 9.23 Å². The van der Waals surface area contributed by atoms with Crippen LogP contribution in [0.25, 0.3) is 0 Å². The minimum Gasteiger partial charge on any atom is -0.378 e. The number of rotatable bonds is 16. The Morgan fingerprint density at radius 1 is 0.750 bits per heavy atom. The van der Waals surface area contributed by atoms with Gasteiger partial charge in [-0.15, -0.1) is 0 Å². The molecule has 0 aliphatic carbocycles. The zero-order valence-corrected chi connectivity index (χ0v) is 14.0. The third-order valence-corrected chi connectivity index (χ3v) is 4.01. The van der Waals surface area contributed by atoms with E-state index >= 15 is 0 Å². The molecule has 0 N–H and O–H groups in total. The Morgan fingerprint density at radius 3 is 1.70 bits per heavy atom. The van der Waals surface area contributed by atoms with Crippen LogP contribution >= 0.6 is 0 Å². The van der Waals surface area contributed by atoms with Crippen LogP contribution in [0.3, 0.4) is 0 Å². The molecule has 0 bridgehead atoms. The molecule has 1 nitrogen and oxygen atoms in total. The summed E-state index contributed by atoms with van der Waals surface area (Å²) in [4.78, 5) is 0. The molecule has 0 aliphatic heterocycles. The van der Waals surface area contributed by atoms with E-state index in [1.165, 1.54) is 77.0 Å². The van der Waals surface area contributed by atoms with Gasteiger partial charge in [-0.2, -0.15) is 0 Å². The quantitative estimate of drug-likeness (QED) is 0.302. The number of unbranched alkanes of at least 4 members (excludes halogenated alkanes) is 8. The minimum absolute atomic E-state index is 0.280. The summed E-state index contributed by atoms with van der Waals surface area (Å²) in [6.07, 6.45) is 15.9. The van der Waals surface area contributed by atoms with E-state index in [1.54, 1.807) is 0 Å². The Kier molecular flexibility index (Phi) is 16.8. The van der Waals surface area contributed by atoms with Gasteiger partial charge in [0.2, 0.25) is 0 Å². The lowest BCUT2D eigenvalue weighted by molar-refractivity contribution is 0.0806. The summed E-state index contributed by atoms with van der Waals surface area (Å²) in [5.74, 6) is 0.657. The van der Waals surface area contributed by atoms with Crippen LogP contribution in [0.15, 0.2) is 0 Å². The van der Waals surface area contributed by atoms with Gasteiger partial charge in [-0.3, -0.25) is 0 Å². The van der Waals surface area contributed by atoms with Crippen LogP contribution in [0.5, 0.6) is 0 Å². The van der Waals surface area contributed by atoms with Crippen LogP contribution in [0.1, 0.15) is 90.9 Å². The first kappa shape index (κ1) is 19.9. The summed E-state index contributed by atoms with van der Waals surface area (Å²) in [6, 6.07) is 0. The average Bonchev–Trinajstić information content (AvgIpc) is 2.46. The SMILES string of the molecule is CCCCCCCC(CCCCCCC)COCCF. The van der Waals surface area contributed by atoms with Gasteiger partial charge in [0.15, 0.2) is 0 Å². The summed E-state index contributed by atoms with van der Waals surface area (Å²) >= 11 is 0. The fraction of sp³-hybridized carbons (Fsp3) is 1.00. The highest BCUT2D eigenvalue weighted by atomic mass is 19.1. The average molecular weight is 288 g/mol. The van der Waals surface area contributed by atoms with E-state index in [0.717, 1.165) is 6.61 Å². The van der Waals surface area contributed by atoms with E-state index < -0.39 is 0 Å². The predicted molar refractivity (Wildman–Crippen MR) is 87.0 cm³/mol. The Morgan fingerprint density at radius 2 is 1.25 bits per heavy atom. The molecule has 20 heavy (non-hydrogen) atoms. The molecule has 0 rings (SSSR count). The lowest BCUT2D eigenvalue weighted by Crippen LogP contribution is -2.11. The van der Waals surface area contributed by atoms with E-state index in [4.69, 9.17) is 4.74 Å². The summed E-state index contributed by atoms with van der Waals surface area (Å²) in [5.41, 5.74) is 0. The second-order valence-electron chi connectivity index (χ2n) is 6.04. The molecule has 0 saturated heterocycles. The monoisotopic (exact) mass is 288 g/mol. The Hall–Kier alpha value is -0.110. The highest BCUT2D eigenvalue weighted by Gasteiger charge is 2.09. The van der Waals surface area contributed by atoms with Gasteiger partial charge in [0.1, 0.15) is 6.67 Å². The van der Waals surface area contributed by atoms with Crippen molar-refractivity contribution in [2.75, 3.05) is 19.9 Å². The number of alkyl halides is 1. The van der Waals surface area contributed by atoms with Crippen molar-refractivity contribution in [2.24, 2.45) is 5.92 Å². The van der Waals surface area contributed by atoms with Gasteiger partial charge in [-0.25, -0.2) is 4.39 Å². The van der Waals surface area contributed by atoms with Crippen molar-refractivity contribution in [1.82, 2.24) is 0 Å². The van der Waals surface area contributed by atoms with E-state index in [-0.39, 0.29) is 13.3 Å². The van der Waals surface area contributed by atoms with Crippen molar-refractivity contribution in [3.63, 3.8) is 0 Å². The van der Waals surface area contributed by atoms with Crippen LogP contribution in [0, 0.1) is 5.92 Å². The van der Waals surface area contributed by atoms with Gasteiger partial charge < -0.3 is 4.74 Å². The highest BCUT2D eigenvalue weighted by Crippen LogP contribution is 2.19. The van der Waals surface area contributed by atoms with Crippen molar-refractivity contribution in [2.45, 2.75) is 90.9 Å². The fourth-order valence-corrected chi connectivity index (χ4v) is 2.69. The van der Waals surface area contributed by atoms with Crippen molar-refractivity contribution >= 4 is 0 Å². The number of hydrogen-bond donors (Lipinski definition) is 0. The number of hydrogen-bond acceptors (Lipinski definition) is 1. The van der Waals surface area contributed by atoms with Crippen LogP contribution in [0.4, 0.5) is 4.39 Å². The third kappa shape index (κ3) is 14.3. The molecule has 0 fully saturated rings. The van der Waals surface area contributed by atoms with Crippen LogP contribution in [-0.2, 0) is 4.74 Å². The van der Waals surface area contributed by atoms with Gasteiger partial charge in [0, 0.05) is 6.61 Å². The Balaban J connectivity index is 3.64. The molecule has 2 heteroatoms. The number of ether oxygens (including phenoxy) is 1. The van der Waals surface area contributed by atoms with Crippen LogP contribution in [0.2, 0.25) is 0 Å². The first-order chi connectivity index (χ1) is 9.85. The first-order valence-corrected chi connectivity index (χ1v) is 8.98. The molecule has 0 aromatic heterocycles. The molecule has 0 aliphatic rings. The van der Waals surface area contributed by atoms with Gasteiger partial charge in [0.25, 0.3) is 0 Å². The van der Waals surface area contributed by atoms with Crippen molar-refractivity contribution in [3.8, 4) is 0 Å². The van der Waals surface area contributed by atoms with Gasteiger partial charge in [0.05, 0.1) is 6.61 Å². The molecule has 0 aromatic carbocycles. The normalized spacial score (nSPS) is 11.4.